The number of rotatable bonds is 10. The van der Waals surface area contributed by atoms with Crippen LogP contribution in [-0.2, 0) is 11.4 Å². The maximum absolute atomic E-state index is 13.9. The SMILES string of the molecule is CCOc1cc(/C=C2\SC(Nc3ccccc3)N([C@H]3CCCC[C@H]3C)C2=O)ccc1OCc1ccc([N+](=O)[O-])cc1. The molecule has 1 aliphatic carbocycles. The van der Waals surface area contributed by atoms with Crippen LogP contribution in [-0.4, -0.2) is 33.9 Å². The summed E-state index contributed by atoms with van der Waals surface area (Å²) < 4.78 is 11.9. The molecule has 8 nitrogen and oxygen atoms in total. The molecule has 0 spiro atoms. The monoisotopic (exact) mass is 573 g/mol. The number of hydrogen-bond acceptors (Lipinski definition) is 7. The van der Waals surface area contributed by atoms with Gasteiger partial charge in [0.1, 0.15) is 6.61 Å². The van der Waals surface area contributed by atoms with E-state index in [1.807, 2.05) is 61.5 Å². The second-order valence-corrected chi connectivity index (χ2v) is 11.5. The molecule has 3 aromatic carbocycles. The summed E-state index contributed by atoms with van der Waals surface area (Å²) in [6.45, 7) is 4.86. The maximum Gasteiger partial charge on any atom is 0.269 e. The summed E-state index contributed by atoms with van der Waals surface area (Å²) in [6.07, 6.45) is 6.44. The predicted octanol–water partition coefficient (Wildman–Crippen LogP) is 7.46. The number of carbonyl (C=O) groups is 1. The van der Waals surface area contributed by atoms with E-state index in [1.165, 1.54) is 18.6 Å². The quantitative estimate of drug-likeness (QED) is 0.153. The first kappa shape index (κ1) is 28.5. The van der Waals surface area contributed by atoms with Crippen molar-refractivity contribution >= 4 is 35.1 Å². The third-order valence-corrected chi connectivity index (χ3v) is 8.65. The lowest BCUT2D eigenvalue weighted by Gasteiger charge is -2.39. The number of amides is 1. The van der Waals surface area contributed by atoms with E-state index >= 15 is 0 Å². The molecule has 1 heterocycles. The van der Waals surface area contributed by atoms with Gasteiger partial charge in [-0.25, -0.2) is 0 Å². The zero-order valence-corrected chi connectivity index (χ0v) is 24.1. The number of nitro groups is 1. The Hall–Kier alpha value is -3.98. The predicted molar refractivity (Wildman–Crippen MR) is 163 cm³/mol. The molecule has 1 saturated carbocycles. The van der Waals surface area contributed by atoms with Crippen molar-refractivity contribution in [1.82, 2.24) is 4.90 Å². The van der Waals surface area contributed by atoms with E-state index < -0.39 is 4.92 Å². The smallest absolute Gasteiger partial charge is 0.269 e. The average Bonchev–Trinajstić information content (AvgIpc) is 3.27. The van der Waals surface area contributed by atoms with E-state index in [2.05, 4.69) is 17.1 Å². The molecule has 1 aliphatic heterocycles. The molecule has 2 aliphatic rings. The Bertz CT molecular complexity index is 1400. The highest BCUT2D eigenvalue weighted by atomic mass is 32.2. The van der Waals surface area contributed by atoms with Crippen LogP contribution in [0.15, 0.2) is 77.7 Å². The van der Waals surface area contributed by atoms with Gasteiger partial charge in [-0.1, -0.05) is 55.8 Å². The highest BCUT2D eigenvalue weighted by Crippen LogP contribution is 2.42. The topological polar surface area (TPSA) is 93.9 Å². The number of anilines is 1. The van der Waals surface area contributed by atoms with Crippen molar-refractivity contribution in [2.45, 2.75) is 57.7 Å². The molecule has 3 aromatic rings. The van der Waals surface area contributed by atoms with Crippen LogP contribution in [0.5, 0.6) is 11.5 Å². The fraction of sp³-hybridized carbons (Fsp3) is 0.344. The Balaban J connectivity index is 1.36. The van der Waals surface area contributed by atoms with Crippen molar-refractivity contribution < 1.29 is 19.2 Å². The molecule has 214 valence electrons. The number of nitrogens with one attached hydrogen (secondary N) is 1. The van der Waals surface area contributed by atoms with Gasteiger partial charge in [-0.2, -0.15) is 0 Å². The third-order valence-electron chi connectivity index (χ3n) is 7.53. The number of para-hydroxylation sites is 1. The Labute approximate surface area is 244 Å². The molecule has 41 heavy (non-hydrogen) atoms. The molecule has 1 saturated heterocycles. The summed E-state index contributed by atoms with van der Waals surface area (Å²) in [5.41, 5.74) is 2.51. The number of nitro benzene ring substituents is 1. The van der Waals surface area contributed by atoms with Crippen LogP contribution in [0, 0.1) is 16.0 Å². The summed E-state index contributed by atoms with van der Waals surface area (Å²) >= 11 is 1.55. The normalized spacial score (nSPS) is 21.6. The van der Waals surface area contributed by atoms with Gasteiger partial charge in [0.25, 0.3) is 11.6 Å². The summed E-state index contributed by atoms with van der Waals surface area (Å²) in [5.74, 6) is 1.65. The van der Waals surface area contributed by atoms with Gasteiger partial charge in [0.2, 0.25) is 0 Å². The lowest BCUT2D eigenvalue weighted by Crippen LogP contribution is -2.48. The summed E-state index contributed by atoms with van der Waals surface area (Å²) in [6, 6.07) is 22.2. The zero-order chi connectivity index (χ0) is 28.8. The second kappa shape index (κ2) is 13.1. The second-order valence-electron chi connectivity index (χ2n) is 10.4. The fourth-order valence-electron chi connectivity index (χ4n) is 5.40. The number of ether oxygens (including phenoxy) is 2. The van der Waals surface area contributed by atoms with E-state index in [0.717, 1.165) is 36.1 Å². The Kier molecular flexibility index (Phi) is 9.14. The number of nitrogens with zero attached hydrogens (tertiary/aromatic N) is 2. The Morgan fingerprint density at radius 1 is 1.02 bits per heavy atom. The largest absolute Gasteiger partial charge is 0.490 e. The van der Waals surface area contributed by atoms with E-state index in [9.17, 15) is 14.9 Å². The van der Waals surface area contributed by atoms with Gasteiger partial charge in [0.15, 0.2) is 17.0 Å². The van der Waals surface area contributed by atoms with Crippen molar-refractivity contribution in [2.75, 3.05) is 11.9 Å². The zero-order valence-electron chi connectivity index (χ0n) is 23.3. The van der Waals surface area contributed by atoms with E-state index in [1.54, 1.807) is 23.9 Å². The highest BCUT2D eigenvalue weighted by Gasteiger charge is 2.42. The molecule has 1 unspecified atom stereocenters. The van der Waals surface area contributed by atoms with Crippen LogP contribution in [0.1, 0.15) is 50.7 Å². The Morgan fingerprint density at radius 3 is 2.49 bits per heavy atom. The molecule has 1 N–H and O–H groups in total. The third kappa shape index (κ3) is 6.85. The molecule has 5 rings (SSSR count). The van der Waals surface area contributed by atoms with Crippen molar-refractivity contribution in [3.05, 3.63) is 98.9 Å². The maximum atomic E-state index is 13.9. The Morgan fingerprint density at radius 2 is 1.78 bits per heavy atom. The molecule has 2 fully saturated rings. The van der Waals surface area contributed by atoms with Crippen molar-refractivity contribution in [3.8, 4) is 11.5 Å². The first-order chi connectivity index (χ1) is 19.9. The summed E-state index contributed by atoms with van der Waals surface area (Å²) in [5, 5.41) is 14.5. The summed E-state index contributed by atoms with van der Waals surface area (Å²) in [7, 11) is 0. The van der Waals surface area contributed by atoms with Gasteiger partial charge in [-0.15, -0.1) is 0 Å². The minimum Gasteiger partial charge on any atom is -0.490 e. The van der Waals surface area contributed by atoms with E-state index in [-0.39, 0.29) is 29.7 Å². The van der Waals surface area contributed by atoms with Gasteiger partial charge in [0.05, 0.1) is 16.4 Å². The number of hydrogen-bond donors (Lipinski definition) is 1. The first-order valence-electron chi connectivity index (χ1n) is 14.1. The van der Waals surface area contributed by atoms with Crippen LogP contribution in [0.2, 0.25) is 0 Å². The van der Waals surface area contributed by atoms with Crippen molar-refractivity contribution in [3.63, 3.8) is 0 Å². The van der Waals surface area contributed by atoms with Crippen LogP contribution in [0.3, 0.4) is 0 Å². The van der Waals surface area contributed by atoms with Crippen LogP contribution >= 0.6 is 11.8 Å². The molecule has 1 amide bonds. The number of non-ortho nitro benzene ring substituents is 1. The lowest BCUT2D eigenvalue weighted by atomic mass is 9.85. The van der Waals surface area contributed by atoms with E-state index in [0.29, 0.717) is 28.9 Å². The molecule has 3 atom stereocenters. The van der Waals surface area contributed by atoms with Gasteiger partial charge in [-0.05, 0) is 79.3 Å². The lowest BCUT2D eigenvalue weighted by molar-refractivity contribution is -0.384. The van der Waals surface area contributed by atoms with Crippen molar-refractivity contribution in [2.24, 2.45) is 5.92 Å². The number of benzene rings is 3. The molecule has 9 heteroatoms. The highest BCUT2D eigenvalue weighted by molar-refractivity contribution is 8.05. The molecular weight excluding hydrogens is 538 g/mol. The van der Waals surface area contributed by atoms with Gasteiger partial charge in [-0.3, -0.25) is 14.9 Å². The molecule has 0 radical (unpaired) electrons. The number of carbonyl (C=O) groups excluding carboxylic acids is 1. The van der Waals surface area contributed by atoms with Gasteiger partial charge in [0, 0.05) is 23.9 Å². The molecular formula is C32H35N3O5S. The van der Waals surface area contributed by atoms with Gasteiger partial charge < -0.3 is 19.7 Å². The van der Waals surface area contributed by atoms with Crippen LogP contribution < -0.4 is 14.8 Å². The first-order valence-corrected chi connectivity index (χ1v) is 15.0. The van der Waals surface area contributed by atoms with E-state index in [4.69, 9.17) is 9.47 Å². The number of thioether (sulfide) groups is 1. The molecule has 0 bridgehead atoms. The minimum atomic E-state index is -0.423. The minimum absolute atomic E-state index is 0.0400. The van der Waals surface area contributed by atoms with Crippen LogP contribution in [0.25, 0.3) is 6.08 Å². The fourth-order valence-corrected chi connectivity index (χ4v) is 6.61. The van der Waals surface area contributed by atoms with Crippen LogP contribution in [0.4, 0.5) is 11.4 Å². The molecule has 0 aromatic heterocycles. The average molecular weight is 574 g/mol. The van der Waals surface area contributed by atoms with Crippen molar-refractivity contribution in [1.29, 1.82) is 0 Å². The standard InChI is InChI=1S/C32H35N3O5S/c1-3-39-29-19-24(15-18-28(29)40-21-23-13-16-26(17-14-23)35(37)38)20-30-31(36)34(27-12-8-7-9-22(27)2)32(41-30)33-25-10-5-4-6-11-25/h4-6,10-11,13-20,22,27,32-33H,3,7-9,12,21H2,1-2H3/b30-20-/t22-,27+,32?/m1/s1. The van der Waals surface area contributed by atoms with Gasteiger partial charge >= 0.3 is 0 Å². The summed E-state index contributed by atoms with van der Waals surface area (Å²) in [4.78, 5) is 27.1.